The normalized spacial score (nSPS) is 12.6. The van der Waals surface area contributed by atoms with Crippen LogP contribution in [-0.2, 0) is 6.61 Å². The number of fused-ring (bicyclic) bond motifs is 2. The Morgan fingerprint density at radius 3 is 2.58 bits per heavy atom. The van der Waals surface area contributed by atoms with Gasteiger partial charge in [-0.1, -0.05) is 0 Å². The van der Waals surface area contributed by atoms with Crippen LogP contribution >= 0.6 is 0 Å². The van der Waals surface area contributed by atoms with E-state index in [1.165, 1.54) is 6.07 Å². The molecule has 0 radical (unpaired) electrons. The third kappa shape index (κ3) is 2.86. The van der Waals surface area contributed by atoms with Gasteiger partial charge in [0, 0.05) is 34.6 Å². The summed E-state index contributed by atoms with van der Waals surface area (Å²) < 4.78 is 32.6. The Bertz CT molecular complexity index is 1030. The maximum Gasteiger partial charge on any atom is 0.197 e. The van der Waals surface area contributed by atoms with E-state index in [0.717, 1.165) is 12.1 Å². The van der Waals surface area contributed by atoms with Crippen molar-refractivity contribution in [1.82, 2.24) is 0 Å². The molecule has 3 aromatic carbocycles. The lowest BCUT2D eigenvalue weighted by atomic mass is 9.98. The highest BCUT2D eigenvalue weighted by Crippen LogP contribution is 2.33. The molecule has 4 nitrogen and oxygen atoms in total. The van der Waals surface area contributed by atoms with Crippen LogP contribution in [0.5, 0.6) is 5.75 Å². The first-order valence-electron chi connectivity index (χ1n) is 7.93. The van der Waals surface area contributed by atoms with Crippen molar-refractivity contribution in [3.05, 3.63) is 82.9 Å². The number of nitrogens with one attached hydrogen (secondary N) is 1. The van der Waals surface area contributed by atoms with Crippen LogP contribution in [-0.4, -0.2) is 5.78 Å². The molecule has 4 rings (SSSR count). The molecule has 0 saturated heterocycles. The minimum atomic E-state index is -0.709. The van der Waals surface area contributed by atoms with Crippen LogP contribution < -0.4 is 15.8 Å². The lowest BCUT2D eigenvalue weighted by Gasteiger charge is -2.11. The molecule has 26 heavy (non-hydrogen) atoms. The Morgan fingerprint density at radius 1 is 0.962 bits per heavy atom. The fourth-order valence-electron chi connectivity index (χ4n) is 2.91. The number of hydrogen-bond donors (Lipinski definition) is 2. The number of anilines is 3. The number of rotatable bonds is 2. The first-order valence-corrected chi connectivity index (χ1v) is 7.93. The quantitative estimate of drug-likeness (QED) is 0.671. The summed E-state index contributed by atoms with van der Waals surface area (Å²) in [5, 5.41) is 2.86. The lowest BCUT2D eigenvalue weighted by molar-refractivity contribution is 0.103. The van der Waals surface area contributed by atoms with E-state index < -0.39 is 11.6 Å². The van der Waals surface area contributed by atoms with Crippen molar-refractivity contribution in [2.75, 3.05) is 11.1 Å². The Hall–Kier alpha value is -3.41. The number of ketones is 1. The molecule has 0 fully saturated rings. The van der Waals surface area contributed by atoms with Crippen molar-refractivity contribution in [2.24, 2.45) is 0 Å². The van der Waals surface area contributed by atoms with Crippen molar-refractivity contribution in [2.45, 2.75) is 6.61 Å². The van der Waals surface area contributed by atoms with Gasteiger partial charge in [0.15, 0.2) is 5.78 Å². The molecule has 0 aliphatic carbocycles. The van der Waals surface area contributed by atoms with Gasteiger partial charge in [-0.05, 0) is 42.5 Å². The molecule has 1 heterocycles. The van der Waals surface area contributed by atoms with Crippen LogP contribution in [0.1, 0.15) is 21.5 Å². The Labute approximate surface area is 148 Å². The Balaban J connectivity index is 1.68. The molecule has 1 aliphatic rings. The molecular weight excluding hydrogens is 338 g/mol. The average Bonchev–Trinajstić information content (AvgIpc) is 2.74. The minimum absolute atomic E-state index is 0.127. The fourth-order valence-corrected chi connectivity index (χ4v) is 2.91. The summed E-state index contributed by atoms with van der Waals surface area (Å²) in [5.74, 6) is -1.13. The van der Waals surface area contributed by atoms with E-state index in [2.05, 4.69) is 5.32 Å². The SMILES string of the molecule is Nc1ccc2c(c1)COc1cc(Nc3ccc(F)cc3F)ccc1C2=O. The monoisotopic (exact) mass is 352 g/mol. The number of carbonyl (C=O) groups excluding carboxylic acids is 1. The maximum absolute atomic E-state index is 13.8. The highest BCUT2D eigenvalue weighted by atomic mass is 19.1. The van der Waals surface area contributed by atoms with Gasteiger partial charge < -0.3 is 15.8 Å². The lowest BCUT2D eigenvalue weighted by Crippen LogP contribution is -2.03. The van der Waals surface area contributed by atoms with Gasteiger partial charge in [0.1, 0.15) is 24.0 Å². The van der Waals surface area contributed by atoms with Gasteiger partial charge in [-0.2, -0.15) is 0 Å². The van der Waals surface area contributed by atoms with Crippen LogP contribution in [0.4, 0.5) is 25.8 Å². The topological polar surface area (TPSA) is 64.3 Å². The summed E-state index contributed by atoms with van der Waals surface area (Å²) in [6.07, 6.45) is 0. The van der Waals surface area contributed by atoms with Gasteiger partial charge >= 0.3 is 0 Å². The standard InChI is InChI=1S/C20H14F2N2O2/c21-12-1-6-18(17(22)8-12)24-14-3-5-16-19(9-14)26-10-11-7-13(23)2-4-15(11)20(16)25/h1-9,24H,10,23H2. The first-order chi connectivity index (χ1) is 12.5. The van der Waals surface area contributed by atoms with Gasteiger partial charge in [0.2, 0.25) is 0 Å². The summed E-state index contributed by atoms with van der Waals surface area (Å²) in [7, 11) is 0. The largest absolute Gasteiger partial charge is 0.488 e. The fraction of sp³-hybridized carbons (Fsp3) is 0.0500. The van der Waals surface area contributed by atoms with E-state index in [1.807, 2.05) is 0 Å². The highest BCUT2D eigenvalue weighted by Gasteiger charge is 2.22. The van der Waals surface area contributed by atoms with E-state index >= 15 is 0 Å². The molecule has 1 aliphatic heterocycles. The van der Waals surface area contributed by atoms with Crippen LogP contribution in [0.3, 0.4) is 0 Å². The number of carbonyl (C=O) groups is 1. The van der Waals surface area contributed by atoms with E-state index in [4.69, 9.17) is 10.5 Å². The zero-order valence-corrected chi connectivity index (χ0v) is 13.6. The number of nitrogen functional groups attached to an aromatic ring is 1. The van der Waals surface area contributed by atoms with Crippen molar-refractivity contribution in [1.29, 1.82) is 0 Å². The molecule has 130 valence electrons. The van der Waals surface area contributed by atoms with E-state index in [-0.39, 0.29) is 18.1 Å². The second kappa shape index (κ2) is 6.15. The molecule has 0 bridgehead atoms. The van der Waals surface area contributed by atoms with E-state index in [9.17, 15) is 13.6 Å². The number of hydrogen-bond acceptors (Lipinski definition) is 4. The molecular formula is C20H14F2N2O2. The molecule has 0 atom stereocenters. The molecule has 3 aromatic rings. The Morgan fingerprint density at radius 2 is 1.77 bits per heavy atom. The van der Waals surface area contributed by atoms with Gasteiger partial charge in [0.25, 0.3) is 0 Å². The summed E-state index contributed by atoms with van der Waals surface area (Å²) in [6, 6.07) is 13.2. The number of nitrogens with two attached hydrogens (primary N) is 1. The van der Waals surface area contributed by atoms with Crippen molar-refractivity contribution in [3.63, 3.8) is 0 Å². The van der Waals surface area contributed by atoms with Crippen LogP contribution in [0.15, 0.2) is 54.6 Å². The molecule has 0 aromatic heterocycles. The smallest absolute Gasteiger partial charge is 0.197 e. The number of benzene rings is 3. The van der Waals surface area contributed by atoms with Crippen molar-refractivity contribution in [3.8, 4) is 5.75 Å². The van der Waals surface area contributed by atoms with Gasteiger partial charge in [-0.15, -0.1) is 0 Å². The third-order valence-corrected chi connectivity index (χ3v) is 4.19. The molecule has 0 saturated carbocycles. The second-order valence-electron chi connectivity index (χ2n) is 5.99. The van der Waals surface area contributed by atoms with Gasteiger partial charge in [-0.25, -0.2) is 8.78 Å². The molecule has 3 N–H and O–H groups in total. The number of halogens is 2. The Kier molecular flexibility index (Phi) is 3.80. The second-order valence-corrected chi connectivity index (χ2v) is 5.99. The summed E-state index contributed by atoms with van der Waals surface area (Å²) >= 11 is 0. The van der Waals surface area contributed by atoms with E-state index in [1.54, 1.807) is 36.4 Å². The van der Waals surface area contributed by atoms with Crippen molar-refractivity contribution >= 4 is 22.8 Å². The first kappa shape index (κ1) is 16.1. The summed E-state index contributed by atoms with van der Waals surface area (Å²) in [5.41, 5.74) is 8.66. The van der Waals surface area contributed by atoms with Gasteiger partial charge in [0.05, 0.1) is 11.3 Å². The molecule has 0 spiro atoms. The molecule has 0 amide bonds. The van der Waals surface area contributed by atoms with Crippen molar-refractivity contribution < 1.29 is 18.3 Å². The zero-order valence-electron chi connectivity index (χ0n) is 13.6. The van der Waals surface area contributed by atoms with Gasteiger partial charge in [-0.3, -0.25) is 4.79 Å². The predicted octanol–water partition coefficient (Wildman–Crippen LogP) is 4.41. The summed E-state index contributed by atoms with van der Waals surface area (Å²) in [4.78, 5) is 12.8. The third-order valence-electron chi connectivity index (χ3n) is 4.19. The molecule has 6 heteroatoms. The maximum atomic E-state index is 13.8. The van der Waals surface area contributed by atoms with Crippen LogP contribution in [0, 0.1) is 11.6 Å². The molecule has 0 unspecified atom stereocenters. The van der Waals surface area contributed by atoms with Crippen LogP contribution in [0.2, 0.25) is 0 Å². The minimum Gasteiger partial charge on any atom is -0.488 e. The van der Waals surface area contributed by atoms with E-state index in [0.29, 0.717) is 33.8 Å². The number of ether oxygens (including phenoxy) is 1. The average molecular weight is 352 g/mol. The summed E-state index contributed by atoms with van der Waals surface area (Å²) in [6.45, 7) is 0.202. The van der Waals surface area contributed by atoms with Crippen LogP contribution in [0.25, 0.3) is 0 Å². The predicted molar refractivity (Wildman–Crippen MR) is 94.7 cm³/mol. The highest BCUT2D eigenvalue weighted by molar-refractivity contribution is 6.12. The zero-order chi connectivity index (χ0) is 18.3.